The maximum absolute atomic E-state index is 13.6. The predicted molar refractivity (Wildman–Crippen MR) is 70.5 cm³/mol. The van der Waals surface area contributed by atoms with Crippen LogP contribution in [0.1, 0.15) is 18.3 Å². The van der Waals surface area contributed by atoms with Gasteiger partial charge in [-0.3, -0.25) is 9.67 Å². The maximum atomic E-state index is 13.6. The van der Waals surface area contributed by atoms with Gasteiger partial charge in [0.25, 0.3) is 0 Å². The van der Waals surface area contributed by atoms with Crippen molar-refractivity contribution in [3.63, 3.8) is 0 Å². The quantitative estimate of drug-likeness (QED) is 0.857. The van der Waals surface area contributed by atoms with Crippen LogP contribution >= 0.6 is 28.1 Å². The van der Waals surface area contributed by atoms with E-state index in [4.69, 9.17) is 12.2 Å². The SMILES string of the molecule is CCc1n[nH]c(=S)n1-c1cc(F)c(Br)cc1C. The summed E-state index contributed by atoms with van der Waals surface area (Å²) in [6, 6.07) is 3.20. The average molecular weight is 316 g/mol. The summed E-state index contributed by atoms with van der Waals surface area (Å²) in [6.07, 6.45) is 0.726. The van der Waals surface area contributed by atoms with E-state index >= 15 is 0 Å². The van der Waals surface area contributed by atoms with E-state index in [9.17, 15) is 4.39 Å². The molecule has 3 nitrogen and oxygen atoms in total. The number of halogens is 2. The van der Waals surface area contributed by atoms with Gasteiger partial charge in [-0.25, -0.2) is 4.39 Å². The van der Waals surface area contributed by atoms with Crippen LogP contribution in [0.4, 0.5) is 4.39 Å². The first kappa shape index (κ1) is 12.4. The molecule has 1 aromatic heterocycles. The number of benzene rings is 1. The molecule has 0 atom stereocenters. The molecular formula is C11H11BrFN3S. The van der Waals surface area contributed by atoms with Gasteiger partial charge in [0.1, 0.15) is 11.6 Å². The zero-order chi connectivity index (χ0) is 12.6. The van der Waals surface area contributed by atoms with Gasteiger partial charge in [-0.05, 0) is 52.8 Å². The molecule has 0 aliphatic rings. The minimum atomic E-state index is -0.309. The Labute approximate surface area is 112 Å². The van der Waals surface area contributed by atoms with Crippen LogP contribution in [0, 0.1) is 17.5 Å². The molecule has 0 fully saturated rings. The fourth-order valence-electron chi connectivity index (χ4n) is 1.69. The smallest absolute Gasteiger partial charge is 0.199 e. The standard InChI is InChI=1S/C11H11BrFN3S/c1-3-10-14-15-11(17)16(10)9-5-8(13)7(12)4-6(9)2/h4-5H,3H2,1-2H3,(H,15,17). The lowest BCUT2D eigenvalue weighted by atomic mass is 10.2. The molecule has 0 saturated carbocycles. The first-order valence-electron chi connectivity index (χ1n) is 5.17. The predicted octanol–water partition coefficient (Wildman–Crippen LogP) is 3.70. The molecular weight excluding hydrogens is 305 g/mol. The van der Waals surface area contributed by atoms with Crippen LogP contribution in [0.5, 0.6) is 0 Å². The highest BCUT2D eigenvalue weighted by Gasteiger charge is 2.11. The molecule has 1 N–H and O–H groups in total. The van der Waals surface area contributed by atoms with Crippen LogP contribution in [0.15, 0.2) is 16.6 Å². The summed E-state index contributed by atoms with van der Waals surface area (Å²) in [5, 5.41) is 6.84. The second-order valence-corrected chi connectivity index (χ2v) is 4.93. The highest BCUT2D eigenvalue weighted by atomic mass is 79.9. The minimum Gasteiger partial charge on any atom is -0.272 e. The Morgan fingerprint density at radius 1 is 1.53 bits per heavy atom. The van der Waals surface area contributed by atoms with E-state index in [2.05, 4.69) is 26.1 Å². The third-order valence-corrected chi connectivity index (χ3v) is 3.42. The van der Waals surface area contributed by atoms with Crippen LogP contribution < -0.4 is 0 Å². The van der Waals surface area contributed by atoms with Gasteiger partial charge in [-0.15, -0.1) is 0 Å². The fraction of sp³-hybridized carbons (Fsp3) is 0.273. The van der Waals surface area contributed by atoms with Crippen molar-refractivity contribution in [2.75, 3.05) is 0 Å². The van der Waals surface area contributed by atoms with Crippen molar-refractivity contribution in [3.05, 3.63) is 38.6 Å². The summed E-state index contributed by atoms with van der Waals surface area (Å²) in [7, 11) is 0. The van der Waals surface area contributed by atoms with E-state index < -0.39 is 0 Å². The Hall–Kier alpha value is -1.01. The molecule has 1 aromatic carbocycles. The van der Waals surface area contributed by atoms with Crippen LogP contribution in [0.25, 0.3) is 5.69 Å². The lowest BCUT2D eigenvalue weighted by Gasteiger charge is -2.10. The molecule has 0 aliphatic heterocycles. The first-order valence-corrected chi connectivity index (χ1v) is 6.37. The summed E-state index contributed by atoms with van der Waals surface area (Å²) in [5.41, 5.74) is 1.66. The number of aromatic nitrogens is 3. The van der Waals surface area contributed by atoms with E-state index in [1.54, 1.807) is 10.6 Å². The van der Waals surface area contributed by atoms with Gasteiger partial charge in [0.2, 0.25) is 0 Å². The van der Waals surface area contributed by atoms with Gasteiger partial charge >= 0.3 is 0 Å². The Kier molecular flexibility index (Phi) is 3.44. The molecule has 0 amide bonds. The van der Waals surface area contributed by atoms with Crippen molar-refractivity contribution < 1.29 is 4.39 Å². The number of H-pyrrole nitrogens is 1. The largest absolute Gasteiger partial charge is 0.272 e. The van der Waals surface area contributed by atoms with Crippen molar-refractivity contribution >= 4 is 28.1 Å². The Morgan fingerprint density at radius 2 is 2.24 bits per heavy atom. The van der Waals surface area contributed by atoms with Crippen LogP contribution in [-0.2, 0) is 6.42 Å². The summed E-state index contributed by atoms with van der Waals surface area (Å²) < 4.78 is 16.3. The summed E-state index contributed by atoms with van der Waals surface area (Å²) in [5.74, 6) is 0.482. The Bertz CT molecular complexity index is 618. The van der Waals surface area contributed by atoms with Gasteiger partial charge in [-0.1, -0.05) is 6.92 Å². The van der Waals surface area contributed by atoms with Gasteiger partial charge in [0, 0.05) is 6.42 Å². The van der Waals surface area contributed by atoms with Crippen molar-refractivity contribution in [1.82, 2.24) is 14.8 Å². The van der Waals surface area contributed by atoms with Gasteiger partial charge in [-0.2, -0.15) is 5.10 Å². The van der Waals surface area contributed by atoms with Crippen LogP contribution in [0.3, 0.4) is 0 Å². The third-order valence-electron chi connectivity index (χ3n) is 2.54. The van der Waals surface area contributed by atoms with Crippen molar-refractivity contribution in [2.45, 2.75) is 20.3 Å². The summed E-state index contributed by atoms with van der Waals surface area (Å²) in [6.45, 7) is 3.89. The third kappa shape index (κ3) is 2.19. The maximum Gasteiger partial charge on any atom is 0.199 e. The minimum absolute atomic E-state index is 0.309. The number of hydrogen-bond donors (Lipinski definition) is 1. The average Bonchev–Trinajstić information content (AvgIpc) is 2.65. The van der Waals surface area contributed by atoms with Gasteiger partial charge in [0.05, 0.1) is 10.2 Å². The lowest BCUT2D eigenvalue weighted by Crippen LogP contribution is -2.03. The van der Waals surface area contributed by atoms with Crippen molar-refractivity contribution in [3.8, 4) is 5.69 Å². The molecule has 0 spiro atoms. The van der Waals surface area contributed by atoms with Crippen molar-refractivity contribution in [1.29, 1.82) is 0 Å². The molecule has 90 valence electrons. The van der Waals surface area contributed by atoms with E-state index in [1.807, 2.05) is 13.8 Å². The highest BCUT2D eigenvalue weighted by molar-refractivity contribution is 9.10. The molecule has 0 radical (unpaired) electrons. The molecule has 1 heterocycles. The van der Waals surface area contributed by atoms with Gasteiger partial charge in [0.15, 0.2) is 4.77 Å². The normalized spacial score (nSPS) is 10.8. The van der Waals surface area contributed by atoms with E-state index in [0.29, 0.717) is 9.24 Å². The Morgan fingerprint density at radius 3 is 2.88 bits per heavy atom. The van der Waals surface area contributed by atoms with E-state index in [1.165, 1.54) is 6.07 Å². The molecule has 17 heavy (non-hydrogen) atoms. The van der Waals surface area contributed by atoms with E-state index in [0.717, 1.165) is 23.5 Å². The van der Waals surface area contributed by atoms with Crippen molar-refractivity contribution in [2.24, 2.45) is 0 Å². The number of nitrogens with one attached hydrogen (secondary N) is 1. The zero-order valence-electron chi connectivity index (χ0n) is 9.42. The number of aromatic amines is 1. The molecule has 0 aliphatic carbocycles. The monoisotopic (exact) mass is 315 g/mol. The molecule has 0 saturated heterocycles. The molecule has 2 aromatic rings. The number of hydrogen-bond acceptors (Lipinski definition) is 2. The second-order valence-electron chi connectivity index (χ2n) is 3.69. The molecule has 6 heteroatoms. The molecule has 2 rings (SSSR count). The summed E-state index contributed by atoms with van der Waals surface area (Å²) >= 11 is 8.33. The second kappa shape index (κ2) is 4.70. The van der Waals surface area contributed by atoms with E-state index in [-0.39, 0.29) is 5.82 Å². The fourth-order valence-corrected chi connectivity index (χ4v) is 2.40. The van der Waals surface area contributed by atoms with Crippen LogP contribution in [0.2, 0.25) is 0 Å². The molecule has 0 bridgehead atoms. The van der Waals surface area contributed by atoms with Gasteiger partial charge < -0.3 is 0 Å². The molecule has 0 unspecified atom stereocenters. The topological polar surface area (TPSA) is 33.6 Å². The summed E-state index contributed by atoms with van der Waals surface area (Å²) in [4.78, 5) is 0. The number of rotatable bonds is 2. The first-order chi connectivity index (χ1) is 8.04. The van der Waals surface area contributed by atoms with Crippen LogP contribution in [-0.4, -0.2) is 14.8 Å². The number of aryl methyl sites for hydroxylation is 2. The number of nitrogens with zero attached hydrogens (tertiary/aromatic N) is 2. The highest BCUT2D eigenvalue weighted by Crippen LogP contribution is 2.24. The lowest BCUT2D eigenvalue weighted by molar-refractivity contribution is 0.618. The zero-order valence-corrected chi connectivity index (χ0v) is 11.8. The Balaban J connectivity index is 2.72.